The molecule has 3 N–H and O–H groups in total. The highest BCUT2D eigenvalue weighted by molar-refractivity contribution is 6.33. The molecule has 1 aliphatic rings. The van der Waals surface area contributed by atoms with Gasteiger partial charge >= 0.3 is 0 Å². The van der Waals surface area contributed by atoms with Crippen molar-refractivity contribution >= 4 is 17.5 Å². The van der Waals surface area contributed by atoms with Crippen molar-refractivity contribution in [2.45, 2.75) is 70.4 Å². The Balaban J connectivity index is 2.07. The summed E-state index contributed by atoms with van der Waals surface area (Å²) in [5.74, 6) is -0.206. The summed E-state index contributed by atoms with van der Waals surface area (Å²) in [4.78, 5) is 14.9. The number of amides is 1. The van der Waals surface area contributed by atoms with Crippen molar-refractivity contribution in [3.63, 3.8) is 0 Å². The predicted molar refractivity (Wildman–Crippen MR) is 143 cm³/mol. The van der Waals surface area contributed by atoms with Crippen LogP contribution in [0, 0.1) is 5.92 Å². The van der Waals surface area contributed by atoms with E-state index in [2.05, 4.69) is 25.1 Å². The summed E-state index contributed by atoms with van der Waals surface area (Å²) < 4.78 is 5.26. The smallest absolute Gasteiger partial charge is 0.242 e. The minimum absolute atomic E-state index is 0.0779. The molecular formula is C29H41ClN2O3. The van der Waals surface area contributed by atoms with Crippen molar-refractivity contribution in [1.29, 1.82) is 0 Å². The van der Waals surface area contributed by atoms with E-state index in [1.165, 1.54) is 5.56 Å². The molecular weight excluding hydrogens is 460 g/mol. The maximum absolute atomic E-state index is 13.0. The van der Waals surface area contributed by atoms with Gasteiger partial charge in [-0.25, -0.2) is 0 Å². The highest BCUT2D eigenvalue weighted by Crippen LogP contribution is 2.46. The van der Waals surface area contributed by atoms with Gasteiger partial charge in [0.1, 0.15) is 0 Å². The van der Waals surface area contributed by atoms with E-state index < -0.39 is 11.1 Å². The van der Waals surface area contributed by atoms with Gasteiger partial charge in [0.05, 0.1) is 11.1 Å². The maximum Gasteiger partial charge on any atom is 0.242 e. The van der Waals surface area contributed by atoms with Gasteiger partial charge in [0.25, 0.3) is 0 Å². The van der Waals surface area contributed by atoms with E-state index in [1.54, 1.807) is 21.0 Å². The second kappa shape index (κ2) is 11.9. The van der Waals surface area contributed by atoms with Gasteiger partial charge in [-0.3, -0.25) is 4.79 Å². The van der Waals surface area contributed by atoms with Crippen LogP contribution in [-0.2, 0) is 21.6 Å². The third kappa shape index (κ3) is 6.45. The zero-order valence-corrected chi connectivity index (χ0v) is 22.4. The van der Waals surface area contributed by atoms with Gasteiger partial charge in [-0.15, -0.1) is 0 Å². The standard InChI is InChI=1S/C29H41ClN2O3/c1-5-21-11-8-12-22(19-21)26-24(14-9-15-25(26)30)29(34,16-6-7-18-35-4)23-13-10-17-32(20-23)27(33)28(2,3)31/h8-9,11-12,14-15,19,23,34H,5-7,10,13,16-18,20,31H2,1-4H3/t23?,29-/m0/s1. The van der Waals surface area contributed by atoms with Crippen molar-refractivity contribution in [3.8, 4) is 11.1 Å². The number of benzene rings is 2. The van der Waals surface area contributed by atoms with Crippen LogP contribution in [0.2, 0.25) is 5.02 Å². The van der Waals surface area contributed by atoms with E-state index in [9.17, 15) is 9.90 Å². The Kier molecular flexibility index (Phi) is 9.39. The molecule has 1 amide bonds. The lowest BCUT2D eigenvalue weighted by molar-refractivity contribution is -0.141. The molecule has 1 aliphatic heterocycles. The third-order valence-corrected chi connectivity index (χ3v) is 7.51. The predicted octanol–water partition coefficient (Wildman–Crippen LogP) is 5.55. The van der Waals surface area contributed by atoms with Gasteiger partial charge in [-0.2, -0.15) is 0 Å². The number of aryl methyl sites for hydroxylation is 1. The average Bonchev–Trinajstić information content (AvgIpc) is 2.85. The number of likely N-dealkylation sites (tertiary alicyclic amines) is 1. The third-order valence-electron chi connectivity index (χ3n) is 7.20. The molecule has 5 nitrogen and oxygen atoms in total. The van der Waals surface area contributed by atoms with Crippen LogP contribution in [-0.4, -0.2) is 48.3 Å². The number of carbonyl (C=O) groups is 1. The molecule has 3 rings (SSSR count). The second-order valence-corrected chi connectivity index (χ2v) is 10.8. The molecule has 0 radical (unpaired) electrons. The molecule has 1 unspecified atom stereocenters. The molecule has 2 aromatic carbocycles. The molecule has 0 bridgehead atoms. The number of unbranched alkanes of at least 4 members (excludes halogenated alkanes) is 1. The second-order valence-electron chi connectivity index (χ2n) is 10.4. The van der Waals surface area contributed by atoms with E-state index in [1.807, 2.05) is 29.2 Å². The molecule has 0 aromatic heterocycles. The van der Waals surface area contributed by atoms with Gasteiger partial charge < -0.3 is 20.5 Å². The summed E-state index contributed by atoms with van der Waals surface area (Å²) in [6.45, 7) is 7.40. The first kappa shape index (κ1) is 27.7. The van der Waals surface area contributed by atoms with Crippen LogP contribution in [0.3, 0.4) is 0 Å². The molecule has 2 atom stereocenters. The van der Waals surface area contributed by atoms with Crippen LogP contribution in [0.4, 0.5) is 0 Å². The zero-order valence-electron chi connectivity index (χ0n) is 21.6. The Bertz CT molecular complexity index is 1000. The Morgan fingerprint density at radius 2 is 1.97 bits per heavy atom. The molecule has 192 valence electrons. The SMILES string of the molecule is CCc1cccc(-c2c(Cl)cccc2[C@](O)(CCCCOC)C2CCCN(C(=O)C(C)(C)N)C2)c1. The lowest BCUT2D eigenvalue weighted by atomic mass is 9.72. The highest BCUT2D eigenvalue weighted by Gasteiger charge is 2.44. The largest absolute Gasteiger partial charge is 0.385 e. The van der Waals surface area contributed by atoms with Crippen molar-refractivity contribution < 1.29 is 14.6 Å². The molecule has 0 aliphatic carbocycles. The number of aliphatic hydroxyl groups is 1. The fourth-order valence-electron chi connectivity index (χ4n) is 5.28. The first-order valence-corrected chi connectivity index (χ1v) is 13.2. The zero-order chi connectivity index (χ0) is 25.6. The molecule has 6 heteroatoms. The lowest BCUT2D eigenvalue weighted by Gasteiger charge is -2.45. The summed E-state index contributed by atoms with van der Waals surface area (Å²) >= 11 is 6.81. The van der Waals surface area contributed by atoms with Crippen molar-refractivity contribution in [2.75, 3.05) is 26.8 Å². The van der Waals surface area contributed by atoms with Crippen LogP contribution in [0.5, 0.6) is 0 Å². The van der Waals surface area contributed by atoms with Crippen LogP contribution >= 0.6 is 11.6 Å². The van der Waals surface area contributed by atoms with E-state index >= 15 is 0 Å². The fourth-order valence-corrected chi connectivity index (χ4v) is 5.57. The number of methoxy groups -OCH3 is 1. The summed E-state index contributed by atoms with van der Waals surface area (Å²) in [6.07, 6.45) is 4.80. The van der Waals surface area contributed by atoms with Crippen LogP contribution in [0.1, 0.15) is 64.0 Å². The van der Waals surface area contributed by atoms with Crippen LogP contribution in [0.25, 0.3) is 11.1 Å². The number of carbonyl (C=O) groups excluding carboxylic acids is 1. The number of hydrogen-bond donors (Lipinski definition) is 2. The number of ether oxygens (including phenoxy) is 1. The first-order valence-electron chi connectivity index (χ1n) is 12.8. The molecule has 0 spiro atoms. The Hall–Kier alpha value is -1.92. The van der Waals surface area contributed by atoms with Crippen molar-refractivity contribution in [3.05, 3.63) is 58.6 Å². The van der Waals surface area contributed by atoms with Crippen LogP contribution < -0.4 is 5.73 Å². The summed E-state index contributed by atoms with van der Waals surface area (Å²) in [5.41, 5.74) is 8.00. The Morgan fingerprint density at radius 1 is 1.23 bits per heavy atom. The first-order chi connectivity index (χ1) is 16.6. The lowest BCUT2D eigenvalue weighted by Crippen LogP contribution is -2.56. The normalized spacial score (nSPS) is 18.4. The van der Waals surface area contributed by atoms with Crippen molar-refractivity contribution in [1.82, 2.24) is 4.90 Å². The van der Waals surface area contributed by atoms with Gasteiger partial charge in [0.15, 0.2) is 0 Å². The quantitative estimate of drug-likeness (QED) is 0.419. The topological polar surface area (TPSA) is 75.8 Å². The minimum Gasteiger partial charge on any atom is -0.385 e. The number of piperidine rings is 1. The van der Waals surface area contributed by atoms with E-state index in [0.717, 1.165) is 48.8 Å². The maximum atomic E-state index is 13.0. The number of hydrogen-bond acceptors (Lipinski definition) is 4. The molecule has 35 heavy (non-hydrogen) atoms. The summed E-state index contributed by atoms with van der Waals surface area (Å²) in [5, 5.41) is 13.2. The number of nitrogens with two attached hydrogens (primary N) is 1. The molecule has 0 saturated carbocycles. The number of rotatable bonds is 10. The molecule has 1 saturated heterocycles. The fraction of sp³-hybridized carbons (Fsp3) is 0.552. The van der Waals surface area contributed by atoms with Gasteiger partial charge in [-0.1, -0.05) is 54.9 Å². The summed E-state index contributed by atoms with van der Waals surface area (Å²) in [6, 6.07) is 14.2. The minimum atomic E-state index is -1.14. The number of nitrogens with zero attached hydrogens (tertiary/aromatic N) is 1. The highest BCUT2D eigenvalue weighted by atomic mass is 35.5. The van der Waals surface area contributed by atoms with E-state index in [4.69, 9.17) is 22.1 Å². The van der Waals surface area contributed by atoms with Gasteiger partial charge in [-0.05, 0) is 75.1 Å². The summed E-state index contributed by atoms with van der Waals surface area (Å²) in [7, 11) is 1.70. The molecule has 2 aromatic rings. The van der Waals surface area contributed by atoms with E-state index in [0.29, 0.717) is 31.1 Å². The average molecular weight is 501 g/mol. The van der Waals surface area contributed by atoms with Gasteiger partial charge in [0.2, 0.25) is 5.91 Å². The monoisotopic (exact) mass is 500 g/mol. The van der Waals surface area contributed by atoms with Gasteiger partial charge in [0, 0.05) is 43.3 Å². The van der Waals surface area contributed by atoms with Crippen LogP contribution in [0.15, 0.2) is 42.5 Å². The Labute approximate surface area is 215 Å². The number of halogens is 1. The molecule has 1 fully saturated rings. The van der Waals surface area contributed by atoms with E-state index in [-0.39, 0.29) is 11.8 Å². The molecule has 1 heterocycles. The van der Waals surface area contributed by atoms with Crippen molar-refractivity contribution in [2.24, 2.45) is 11.7 Å². The Morgan fingerprint density at radius 3 is 2.66 bits per heavy atom.